The highest BCUT2D eigenvalue weighted by Crippen LogP contribution is 2.33. The van der Waals surface area contributed by atoms with Crippen LogP contribution < -0.4 is 0 Å². The summed E-state index contributed by atoms with van der Waals surface area (Å²) in [5.74, 6) is 1.51. The Balaban J connectivity index is 1.49. The van der Waals surface area contributed by atoms with Gasteiger partial charge >= 0.3 is 6.03 Å². The van der Waals surface area contributed by atoms with Gasteiger partial charge in [0.15, 0.2) is 5.65 Å². The molecule has 26 heavy (non-hydrogen) atoms. The van der Waals surface area contributed by atoms with Crippen molar-refractivity contribution in [1.29, 1.82) is 0 Å². The minimum Gasteiger partial charge on any atom is -0.345 e. The van der Waals surface area contributed by atoms with Gasteiger partial charge < -0.3 is 14.8 Å². The molecule has 0 aromatic carbocycles. The fourth-order valence-electron chi connectivity index (χ4n) is 4.12. The number of urea groups is 1. The van der Waals surface area contributed by atoms with Gasteiger partial charge in [-0.2, -0.15) is 0 Å². The van der Waals surface area contributed by atoms with Crippen molar-refractivity contribution in [3.8, 4) is 0 Å². The van der Waals surface area contributed by atoms with E-state index in [0.29, 0.717) is 19.0 Å². The van der Waals surface area contributed by atoms with E-state index in [1.807, 2.05) is 29.6 Å². The van der Waals surface area contributed by atoms with Gasteiger partial charge in [0.05, 0.1) is 36.5 Å². The number of alkyl halides is 1. The van der Waals surface area contributed by atoms with Gasteiger partial charge in [-0.1, -0.05) is 6.92 Å². The number of H-pyrrole nitrogens is 1. The molecule has 2 amide bonds. The number of halogens is 1. The maximum Gasteiger partial charge on any atom is 0.320 e. The van der Waals surface area contributed by atoms with Crippen molar-refractivity contribution in [3.63, 3.8) is 0 Å². The molecule has 8 heteroatoms. The zero-order chi connectivity index (χ0) is 17.8. The SMILES string of the molecule is CC1CCN(C(=O)N2CC(F)C2)CC1c1ncc2cnc3[nH]ccc3n12. The van der Waals surface area contributed by atoms with Gasteiger partial charge in [-0.25, -0.2) is 19.2 Å². The van der Waals surface area contributed by atoms with E-state index >= 15 is 0 Å². The fraction of sp³-hybridized carbons (Fsp3) is 0.500. The number of carbonyl (C=O) groups excluding carboxylic acids is 1. The third-order valence-corrected chi connectivity index (χ3v) is 5.76. The molecule has 3 aromatic rings. The number of carbonyl (C=O) groups is 1. The van der Waals surface area contributed by atoms with E-state index in [1.54, 1.807) is 4.90 Å². The molecule has 5 rings (SSSR count). The summed E-state index contributed by atoms with van der Waals surface area (Å²) < 4.78 is 15.2. The number of nitrogens with zero attached hydrogens (tertiary/aromatic N) is 5. The first kappa shape index (κ1) is 15.6. The summed E-state index contributed by atoms with van der Waals surface area (Å²) in [5.41, 5.74) is 2.77. The van der Waals surface area contributed by atoms with Gasteiger partial charge in [-0.3, -0.25) is 4.40 Å². The largest absolute Gasteiger partial charge is 0.345 e. The van der Waals surface area contributed by atoms with Gasteiger partial charge in [0.25, 0.3) is 0 Å². The van der Waals surface area contributed by atoms with Gasteiger partial charge in [0, 0.05) is 25.2 Å². The summed E-state index contributed by atoms with van der Waals surface area (Å²) >= 11 is 0. The molecule has 0 radical (unpaired) electrons. The molecule has 5 heterocycles. The van der Waals surface area contributed by atoms with E-state index in [2.05, 4.69) is 26.3 Å². The third-order valence-electron chi connectivity index (χ3n) is 5.76. The van der Waals surface area contributed by atoms with Crippen molar-refractivity contribution in [2.75, 3.05) is 26.2 Å². The number of nitrogens with one attached hydrogen (secondary N) is 1. The van der Waals surface area contributed by atoms with Crippen molar-refractivity contribution >= 4 is 22.7 Å². The summed E-state index contributed by atoms with van der Waals surface area (Å²) in [6.07, 6.45) is 5.57. The number of aromatic nitrogens is 4. The minimum atomic E-state index is -0.871. The van der Waals surface area contributed by atoms with Gasteiger partial charge in [0.1, 0.15) is 12.0 Å². The third kappa shape index (κ3) is 2.28. The highest BCUT2D eigenvalue weighted by atomic mass is 19.1. The van der Waals surface area contributed by atoms with Crippen LogP contribution in [-0.2, 0) is 0 Å². The number of piperidine rings is 1. The zero-order valence-electron chi connectivity index (χ0n) is 14.6. The fourth-order valence-corrected chi connectivity index (χ4v) is 4.12. The smallest absolute Gasteiger partial charge is 0.320 e. The van der Waals surface area contributed by atoms with Crippen molar-refractivity contribution in [1.82, 2.24) is 29.2 Å². The van der Waals surface area contributed by atoms with E-state index in [4.69, 9.17) is 0 Å². The predicted octanol–water partition coefficient (Wildman–Crippen LogP) is 2.41. The summed E-state index contributed by atoms with van der Waals surface area (Å²) in [6, 6.07) is 1.95. The number of hydrogen-bond acceptors (Lipinski definition) is 3. The van der Waals surface area contributed by atoms with Crippen LogP contribution in [0.5, 0.6) is 0 Å². The van der Waals surface area contributed by atoms with Crippen molar-refractivity contribution in [2.24, 2.45) is 5.92 Å². The maximum absolute atomic E-state index is 13.1. The Hall–Kier alpha value is -2.64. The second-order valence-electron chi connectivity index (χ2n) is 7.45. The van der Waals surface area contributed by atoms with Crippen LogP contribution in [0.3, 0.4) is 0 Å². The molecular weight excluding hydrogens is 335 g/mol. The summed E-state index contributed by atoms with van der Waals surface area (Å²) in [6.45, 7) is 3.98. The molecule has 2 fully saturated rings. The maximum atomic E-state index is 13.1. The normalized spacial score (nSPS) is 24.4. The number of fused-ring (bicyclic) bond motifs is 3. The number of rotatable bonds is 1. The van der Waals surface area contributed by atoms with Crippen LogP contribution >= 0.6 is 0 Å². The Morgan fingerprint density at radius 3 is 2.85 bits per heavy atom. The highest BCUT2D eigenvalue weighted by molar-refractivity contribution is 5.76. The Morgan fingerprint density at radius 2 is 2.04 bits per heavy atom. The molecular formula is C18H21FN6O. The molecule has 2 aliphatic heterocycles. The molecule has 2 saturated heterocycles. The lowest BCUT2D eigenvalue weighted by molar-refractivity contribution is 0.0579. The Kier molecular flexibility index (Phi) is 3.41. The van der Waals surface area contributed by atoms with Crippen molar-refractivity contribution in [2.45, 2.75) is 25.4 Å². The average Bonchev–Trinajstić information content (AvgIpc) is 3.24. The molecule has 2 aliphatic rings. The van der Waals surface area contributed by atoms with Crippen LogP contribution in [0.4, 0.5) is 9.18 Å². The average molecular weight is 356 g/mol. The number of likely N-dealkylation sites (tertiary alicyclic amines) is 2. The van der Waals surface area contributed by atoms with E-state index in [0.717, 1.165) is 28.9 Å². The summed E-state index contributed by atoms with van der Waals surface area (Å²) in [7, 11) is 0. The highest BCUT2D eigenvalue weighted by Gasteiger charge is 2.38. The number of hydrogen-bond donors (Lipinski definition) is 1. The molecule has 0 bridgehead atoms. The van der Waals surface area contributed by atoms with Crippen LogP contribution in [0.1, 0.15) is 25.1 Å². The second kappa shape index (κ2) is 5.69. The van der Waals surface area contributed by atoms with E-state index in [9.17, 15) is 9.18 Å². The van der Waals surface area contributed by atoms with Crippen LogP contribution in [0.2, 0.25) is 0 Å². The van der Waals surface area contributed by atoms with Crippen molar-refractivity contribution < 1.29 is 9.18 Å². The van der Waals surface area contributed by atoms with Gasteiger partial charge in [-0.15, -0.1) is 0 Å². The monoisotopic (exact) mass is 356 g/mol. The Labute approximate surface area is 149 Å². The molecule has 2 unspecified atom stereocenters. The molecule has 7 nitrogen and oxygen atoms in total. The quantitative estimate of drug-likeness (QED) is 0.728. The molecule has 1 N–H and O–H groups in total. The number of amides is 2. The van der Waals surface area contributed by atoms with Gasteiger partial charge in [0.2, 0.25) is 0 Å². The molecule has 0 aliphatic carbocycles. The Morgan fingerprint density at radius 1 is 1.23 bits per heavy atom. The van der Waals surface area contributed by atoms with Crippen LogP contribution in [-0.4, -0.2) is 67.5 Å². The lowest BCUT2D eigenvalue weighted by Gasteiger charge is -2.42. The summed E-state index contributed by atoms with van der Waals surface area (Å²) in [4.78, 5) is 28.3. The predicted molar refractivity (Wildman–Crippen MR) is 94.8 cm³/mol. The number of imidazole rings is 1. The van der Waals surface area contributed by atoms with E-state index < -0.39 is 6.17 Å². The topological polar surface area (TPSA) is 69.5 Å². The lowest BCUT2D eigenvalue weighted by Crippen LogP contribution is -2.58. The molecule has 3 aromatic heterocycles. The molecule has 0 saturated carbocycles. The first-order valence-corrected chi connectivity index (χ1v) is 9.09. The first-order chi connectivity index (χ1) is 12.6. The van der Waals surface area contributed by atoms with E-state index in [-0.39, 0.29) is 25.0 Å². The van der Waals surface area contributed by atoms with Crippen LogP contribution in [0.15, 0.2) is 24.7 Å². The molecule has 0 spiro atoms. The second-order valence-corrected chi connectivity index (χ2v) is 7.45. The van der Waals surface area contributed by atoms with E-state index in [1.165, 1.54) is 0 Å². The van der Waals surface area contributed by atoms with Crippen LogP contribution in [0, 0.1) is 5.92 Å². The zero-order valence-corrected chi connectivity index (χ0v) is 14.6. The molecule has 2 atom stereocenters. The van der Waals surface area contributed by atoms with Crippen LogP contribution in [0.25, 0.3) is 16.7 Å². The molecule has 136 valence electrons. The Bertz CT molecular complexity index is 975. The number of aromatic amines is 1. The first-order valence-electron chi connectivity index (χ1n) is 9.09. The standard InChI is InChI=1S/C18H21FN6O/c1-11-3-5-23(18(26)24-8-12(19)9-24)10-14(11)17-22-7-13-6-21-16-15(25(13)17)2-4-20-16/h2,4,6-7,11-12,14,20H,3,5,8-10H2,1H3. The van der Waals surface area contributed by atoms with Crippen molar-refractivity contribution in [3.05, 3.63) is 30.5 Å². The van der Waals surface area contributed by atoms with Gasteiger partial charge in [-0.05, 0) is 18.4 Å². The minimum absolute atomic E-state index is 0.0508. The summed E-state index contributed by atoms with van der Waals surface area (Å²) in [5, 5.41) is 0. The lowest BCUT2D eigenvalue weighted by atomic mass is 9.86.